The average Bonchev–Trinajstić information content (AvgIpc) is 3.57. The van der Waals surface area contributed by atoms with Gasteiger partial charge in [0.05, 0.1) is 0 Å². The molecule has 0 fully saturated rings. The van der Waals surface area contributed by atoms with Gasteiger partial charge in [-0.2, -0.15) is 0 Å². The number of rotatable bonds is 6. The molecule has 4 nitrogen and oxygen atoms in total. The molecule has 49 heavy (non-hydrogen) atoms. The van der Waals surface area contributed by atoms with Crippen LogP contribution in [-0.4, -0.2) is 15.0 Å². The molecule has 0 saturated carbocycles. The first-order valence-corrected chi connectivity index (χ1v) is 16.6. The van der Waals surface area contributed by atoms with Crippen LogP contribution in [0.3, 0.4) is 0 Å². The normalized spacial score (nSPS) is 14.1. The predicted octanol–water partition coefficient (Wildman–Crippen LogP) is 11.7. The highest BCUT2D eigenvalue weighted by atomic mass is 16.3. The van der Waals surface area contributed by atoms with Crippen LogP contribution in [0.15, 0.2) is 174 Å². The van der Waals surface area contributed by atoms with Gasteiger partial charge in [0.2, 0.25) is 0 Å². The van der Waals surface area contributed by atoms with Gasteiger partial charge in [-0.25, -0.2) is 15.0 Å². The topological polar surface area (TPSA) is 51.8 Å². The lowest BCUT2D eigenvalue weighted by Gasteiger charge is -2.15. The van der Waals surface area contributed by atoms with Crippen molar-refractivity contribution < 1.29 is 4.42 Å². The lowest BCUT2D eigenvalue weighted by molar-refractivity contribution is 0.669. The number of hydrogen-bond acceptors (Lipinski definition) is 4. The Balaban J connectivity index is 1.12. The Morgan fingerprint density at radius 2 is 1.08 bits per heavy atom. The summed E-state index contributed by atoms with van der Waals surface area (Å²) in [6, 6.07) is 50.8. The van der Waals surface area contributed by atoms with Gasteiger partial charge in [0.15, 0.2) is 11.6 Å². The zero-order valence-electron chi connectivity index (χ0n) is 26.7. The number of para-hydroxylation sites is 1. The van der Waals surface area contributed by atoms with E-state index in [0.29, 0.717) is 11.6 Å². The summed E-state index contributed by atoms with van der Waals surface area (Å²) >= 11 is 0. The maximum absolute atomic E-state index is 6.21. The largest absolute Gasteiger partial charge is 0.456 e. The van der Waals surface area contributed by atoms with Crippen molar-refractivity contribution in [1.82, 2.24) is 15.0 Å². The van der Waals surface area contributed by atoms with Crippen LogP contribution in [0.2, 0.25) is 0 Å². The van der Waals surface area contributed by atoms with Crippen LogP contribution in [0.1, 0.15) is 18.2 Å². The fraction of sp³-hybridized carbons (Fsp3) is 0.0444. The Morgan fingerprint density at radius 3 is 1.86 bits per heavy atom. The zero-order valence-corrected chi connectivity index (χ0v) is 26.7. The smallest absolute Gasteiger partial charge is 0.163 e. The van der Waals surface area contributed by atoms with E-state index in [0.717, 1.165) is 50.9 Å². The molecular formula is C45H31N3O. The van der Waals surface area contributed by atoms with Crippen LogP contribution in [-0.2, 0) is 0 Å². The Bertz CT molecular complexity index is 2510. The molecule has 8 aromatic rings. The quantitative estimate of drug-likeness (QED) is 0.184. The third-order valence-electron chi connectivity index (χ3n) is 9.27. The van der Waals surface area contributed by atoms with Gasteiger partial charge >= 0.3 is 0 Å². The minimum atomic E-state index is 0.0799. The molecule has 1 aliphatic carbocycles. The summed E-state index contributed by atoms with van der Waals surface area (Å²) in [5, 5.41) is 2.18. The summed E-state index contributed by atoms with van der Waals surface area (Å²) in [6.07, 6.45) is 9.32. The molecule has 0 N–H and O–H groups in total. The molecule has 1 atom stereocenters. The van der Waals surface area contributed by atoms with E-state index in [2.05, 4.69) is 146 Å². The van der Waals surface area contributed by atoms with Crippen molar-refractivity contribution in [3.05, 3.63) is 176 Å². The van der Waals surface area contributed by atoms with Crippen molar-refractivity contribution in [3.63, 3.8) is 0 Å². The summed E-state index contributed by atoms with van der Waals surface area (Å²) in [7, 11) is 0. The Hall–Kier alpha value is -6.39. The molecule has 2 aromatic heterocycles. The first-order chi connectivity index (χ1) is 24.3. The van der Waals surface area contributed by atoms with Crippen LogP contribution in [0, 0.1) is 0 Å². The van der Waals surface area contributed by atoms with E-state index in [4.69, 9.17) is 19.4 Å². The van der Waals surface area contributed by atoms with E-state index in [9.17, 15) is 0 Å². The van der Waals surface area contributed by atoms with E-state index < -0.39 is 0 Å². The maximum Gasteiger partial charge on any atom is 0.163 e. The predicted molar refractivity (Wildman–Crippen MR) is 200 cm³/mol. The van der Waals surface area contributed by atoms with Crippen LogP contribution in [0.5, 0.6) is 0 Å². The molecule has 232 valence electrons. The summed E-state index contributed by atoms with van der Waals surface area (Å²) in [6.45, 7) is 0. The van der Waals surface area contributed by atoms with Gasteiger partial charge < -0.3 is 4.42 Å². The summed E-state index contributed by atoms with van der Waals surface area (Å²) in [5.74, 6) is 2.13. The summed E-state index contributed by atoms with van der Waals surface area (Å²) < 4.78 is 6.21. The molecule has 1 unspecified atom stereocenters. The van der Waals surface area contributed by atoms with Crippen LogP contribution >= 0.6 is 0 Å². The molecular weight excluding hydrogens is 599 g/mol. The van der Waals surface area contributed by atoms with E-state index in [1.165, 1.54) is 27.8 Å². The minimum Gasteiger partial charge on any atom is -0.456 e. The van der Waals surface area contributed by atoms with Gasteiger partial charge in [0, 0.05) is 27.8 Å². The molecule has 4 heteroatoms. The maximum atomic E-state index is 6.21. The van der Waals surface area contributed by atoms with E-state index >= 15 is 0 Å². The molecule has 0 spiro atoms. The second-order valence-corrected chi connectivity index (χ2v) is 12.4. The second kappa shape index (κ2) is 12.3. The summed E-state index contributed by atoms with van der Waals surface area (Å²) in [4.78, 5) is 15.1. The van der Waals surface area contributed by atoms with Crippen LogP contribution < -0.4 is 0 Å². The lowest BCUT2D eigenvalue weighted by Crippen LogP contribution is -2.07. The molecule has 1 aliphatic rings. The Kier molecular flexibility index (Phi) is 7.25. The highest BCUT2D eigenvalue weighted by Crippen LogP contribution is 2.37. The number of nitrogens with zero attached hydrogens (tertiary/aromatic N) is 3. The second-order valence-electron chi connectivity index (χ2n) is 12.4. The number of allylic oxidation sites excluding steroid dienone is 4. The highest BCUT2D eigenvalue weighted by molar-refractivity contribution is 6.05. The Morgan fingerprint density at radius 1 is 0.449 bits per heavy atom. The van der Waals surface area contributed by atoms with E-state index in [1.807, 2.05) is 24.3 Å². The molecule has 0 aliphatic heterocycles. The number of hydrogen-bond donors (Lipinski definition) is 0. The van der Waals surface area contributed by atoms with Gasteiger partial charge in [-0.1, -0.05) is 146 Å². The minimum absolute atomic E-state index is 0.0799. The fourth-order valence-corrected chi connectivity index (χ4v) is 6.71. The van der Waals surface area contributed by atoms with E-state index in [1.54, 1.807) is 0 Å². The highest BCUT2D eigenvalue weighted by Gasteiger charge is 2.19. The van der Waals surface area contributed by atoms with Gasteiger partial charge in [-0.15, -0.1) is 0 Å². The molecule has 0 radical (unpaired) electrons. The van der Waals surface area contributed by atoms with Crippen molar-refractivity contribution in [2.45, 2.75) is 12.3 Å². The van der Waals surface area contributed by atoms with Crippen LogP contribution in [0.4, 0.5) is 0 Å². The molecule has 0 bridgehead atoms. The Labute approximate surface area is 284 Å². The van der Waals surface area contributed by atoms with Crippen molar-refractivity contribution in [3.8, 4) is 56.2 Å². The number of furan rings is 1. The van der Waals surface area contributed by atoms with Gasteiger partial charge in [0.25, 0.3) is 0 Å². The number of fused-ring (bicyclic) bond motifs is 3. The van der Waals surface area contributed by atoms with Gasteiger partial charge in [0.1, 0.15) is 17.0 Å². The third kappa shape index (κ3) is 5.53. The molecule has 2 heterocycles. The fourth-order valence-electron chi connectivity index (χ4n) is 6.71. The molecule has 9 rings (SSSR count). The van der Waals surface area contributed by atoms with Crippen molar-refractivity contribution >= 4 is 21.9 Å². The molecule has 6 aromatic carbocycles. The van der Waals surface area contributed by atoms with Crippen molar-refractivity contribution in [2.24, 2.45) is 0 Å². The SMILES string of the molecule is C1=CCC(c2nc(-c3ccc(-c4ccc(-c5ccccc5)cc4-c4ccccc4)cc3)nc(-c3ccc4c(c3)oc3ccccc34)n2)C=C1. The number of benzene rings is 6. The van der Waals surface area contributed by atoms with E-state index in [-0.39, 0.29) is 5.92 Å². The van der Waals surface area contributed by atoms with Crippen molar-refractivity contribution in [2.75, 3.05) is 0 Å². The average molecular weight is 630 g/mol. The molecule has 0 saturated heterocycles. The third-order valence-corrected chi connectivity index (χ3v) is 9.27. The molecule has 0 amide bonds. The summed E-state index contributed by atoms with van der Waals surface area (Å²) in [5.41, 5.74) is 10.6. The monoisotopic (exact) mass is 629 g/mol. The first-order valence-electron chi connectivity index (χ1n) is 16.6. The van der Waals surface area contributed by atoms with Crippen LogP contribution in [0.25, 0.3) is 78.1 Å². The lowest BCUT2D eigenvalue weighted by atomic mass is 9.91. The standard InChI is InChI=1S/C45H31N3O/c1-4-12-30(13-5-1)35-24-26-37(40(28-35)31-14-6-2-7-15-31)32-20-22-34(23-21-32)44-46-43(33-16-8-3-9-17-33)47-45(48-44)36-25-27-39-38-18-10-11-19-41(38)49-42(39)29-36/h1-16,18-29,33H,17H2. The zero-order chi connectivity index (χ0) is 32.6. The van der Waals surface area contributed by atoms with Crippen molar-refractivity contribution in [1.29, 1.82) is 0 Å². The number of aromatic nitrogens is 3. The first kappa shape index (κ1) is 28.8. The van der Waals surface area contributed by atoms with Gasteiger partial charge in [-0.05, 0) is 64.1 Å². The van der Waals surface area contributed by atoms with Gasteiger partial charge in [-0.3, -0.25) is 0 Å².